The van der Waals surface area contributed by atoms with Crippen molar-refractivity contribution in [2.24, 2.45) is 0 Å². The van der Waals surface area contributed by atoms with Crippen molar-refractivity contribution in [2.75, 3.05) is 11.9 Å². The number of hydrogen-bond donors (Lipinski definition) is 1. The Morgan fingerprint density at radius 2 is 2.05 bits per heavy atom. The molecule has 0 aliphatic heterocycles. The second-order valence-electron chi connectivity index (χ2n) is 4.87. The van der Waals surface area contributed by atoms with Gasteiger partial charge in [-0.15, -0.1) is 11.3 Å². The average molecular weight is 292 g/mol. The molecular formula is C14H20N4OS. The number of hydrogen-bond acceptors (Lipinski definition) is 6. The van der Waals surface area contributed by atoms with E-state index >= 15 is 0 Å². The third-order valence-corrected chi connectivity index (χ3v) is 3.34. The van der Waals surface area contributed by atoms with Crippen LogP contribution in [0.3, 0.4) is 0 Å². The van der Waals surface area contributed by atoms with E-state index < -0.39 is 0 Å². The molecule has 2 rings (SSSR count). The van der Waals surface area contributed by atoms with Crippen molar-refractivity contribution in [1.82, 2.24) is 15.0 Å². The zero-order chi connectivity index (χ0) is 14.5. The zero-order valence-corrected chi connectivity index (χ0v) is 13.1. The number of thiazole rings is 1. The maximum Gasteiger partial charge on any atom is 0.226 e. The quantitative estimate of drug-likeness (QED) is 0.887. The molecule has 6 heteroatoms. The molecule has 0 aromatic carbocycles. The Bertz CT molecular complexity index is 568. The van der Waals surface area contributed by atoms with Gasteiger partial charge in [0.1, 0.15) is 0 Å². The van der Waals surface area contributed by atoms with Gasteiger partial charge in [0.2, 0.25) is 11.8 Å². The first-order valence-corrected chi connectivity index (χ1v) is 7.58. The van der Waals surface area contributed by atoms with Crippen LogP contribution in [0.1, 0.15) is 30.2 Å². The lowest BCUT2D eigenvalue weighted by atomic mass is 10.3. The van der Waals surface area contributed by atoms with Gasteiger partial charge >= 0.3 is 0 Å². The summed E-state index contributed by atoms with van der Waals surface area (Å²) in [5.41, 5.74) is 1.99. The Labute approximate surface area is 123 Å². The van der Waals surface area contributed by atoms with Crippen LogP contribution < -0.4 is 10.1 Å². The molecule has 0 radical (unpaired) electrons. The lowest BCUT2D eigenvalue weighted by Gasteiger charge is -2.11. The van der Waals surface area contributed by atoms with Crippen LogP contribution in [0.25, 0.3) is 0 Å². The van der Waals surface area contributed by atoms with Gasteiger partial charge in [0.15, 0.2) is 0 Å². The molecule has 20 heavy (non-hydrogen) atoms. The van der Waals surface area contributed by atoms with Gasteiger partial charge in [0, 0.05) is 30.1 Å². The molecule has 2 aromatic rings. The van der Waals surface area contributed by atoms with Gasteiger partial charge in [0.05, 0.1) is 16.8 Å². The van der Waals surface area contributed by atoms with Gasteiger partial charge in [-0.05, 0) is 27.7 Å². The molecule has 2 heterocycles. The molecule has 1 N–H and O–H groups in total. The topological polar surface area (TPSA) is 59.9 Å². The summed E-state index contributed by atoms with van der Waals surface area (Å²) in [5, 5.41) is 6.40. The Balaban J connectivity index is 1.93. The van der Waals surface area contributed by atoms with Gasteiger partial charge in [-0.2, -0.15) is 4.98 Å². The lowest BCUT2D eigenvalue weighted by Crippen LogP contribution is -2.12. The summed E-state index contributed by atoms with van der Waals surface area (Å²) in [4.78, 5) is 13.1. The van der Waals surface area contributed by atoms with Crippen molar-refractivity contribution in [1.29, 1.82) is 0 Å². The van der Waals surface area contributed by atoms with Crippen LogP contribution in [0.15, 0.2) is 11.4 Å². The minimum Gasteiger partial charge on any atom is -0.475 e. The van der Waals surface area contributed by atoms with E-state index in [4.69, 9.17) is 4.74 Å². The third-order valence-electron chi connectivity index (χ3n) is 2.52. The molecule has 0 unspecified atom stereocenters. The summed E-state index contributed by atoms with van der Waals surface area (Å²) in [6.45, 7) is 8.67. The predicted molar refractivity (Wildman–Crippen MR) is 81.6 cm³/mol. The molecule has 0 atom stereocenters. The molecule has 5 nitrogen and oxygen atoms in total. The number of aromatic nitrogens is 3. The van der Waals surface area contributed by atoms with E-state index in [2.05, 4.69) is 25.6 Å². The zero-order valence-electron chi connectivity index (χ0n) is 12.3. The largest absolute Gasteiger partial charge is 0.475 e. The highest BCUT2D eigenvalue weighted by molar-refractivity contribution is 7.09. The molecule has 0 bridgehead atoms. The highest BCUT2D eigenvalue weighted by Gasteiger charge is 2.05. The first-order valence-electron chi connectivity index (χ1n) is 6.70. The second kappa shape index (κ2) is 6.65. The Hall–Kier alpha value is -1.69. The molecule has 0 saturated carbocycles. The van der Waals surface area contributed by atoms with Gasteiger partial charge in [0.25, 0.3) is 0 Å². The maximum absolute atomic E-state index is 5.60. The SMILES string of the molecule is Cc1cc(OC(C)C)nc(NCCc2csc(C)n2)n1. The number of ether oxygens (including phenoxy) is 1. The van der Waals surface area contributed by atoms with Crippen LogP contribution >= 0.6 is 11.3 Å². The van der Waals surface area contributed by atoms with Crippen LogP contribution in [0.4, 0.5) is 5.95 Å². The monoisotopic (exact) mass is 292 g/mol. The number of nitrogens with one attached hydrogen (secondary N) is 1. The van der Waals surface area contributed by atoms with E-state index in [0.29, 0.717) is 11.8 Å². The van der Waals surface area contributed by atoms with Crippen molar-refractivity contribution < 1.29 is 4.74 Å². The van der Waals surface area contributed by atoms with E-state index in [9.17, 15) is 0 Å². The van der Waals surface area contributed by atoms with Gasteiger partial charge in [-0.3, -0.25) is 0 Å². The number of anilines is 1. The maximum atomic E-state index is 5.60. The molecular weight excluding hydrogens is 272 g/mol. The molecule has 0 aliphatic rings. The number of nitrogens with zero attached hydrogens (tertiary/aromatic N) is 3. The Kier molecular flexibility index (Phi) is 4.89. The summed E-state index contributed by atoms with van der Waals surface area (Å²) < 4.78 is 5.60. The van der Waals surface area contributed by atoms with Gasteiger partial charge in [-0.25, -0.2) is 9.97 Å². The van der Waals surface area contributed by atoms with Crippen LogP contribution in [0.5, 0.6) is 5.88 Å². The minimum absolute atomic E-state index is 0.107. The van der Waals surface area contributed by atoms with Crippen molar-refractivity contribution in [3.8, 4) is 5.88 Å². The lowest BCUT2D eigenvalue weighted by molar-refractivity contribution is 0.232. The van der Waals surface area contributed by atoms with E-state index in [1.165, 1.54) is 0 Å². The highest BCUT2D eigenvalue weighted by Crippen LogP contribution is 2.14. The molecule has 2 aromatic heterocycles. The van der Waals surface area contributed by atoms with Crippen molar-refractivity contribution in [3.63, 3.8) is 0 Å². The first-order chi connectivity index (χ1) is 9.52. The Morgan fingerprint density at radius 1 is 1.25 bits per heavy atom. The molecule has 0 aliphatic carbocycles. The van der Waals surface area contributed by atoms with Crippen molar-refractivity contribution in [2.45, 2.75) is 40.2 Å². The smallest absolute Gasteiger partial charge is 0.226 e. The normalized spacial score (nSPS) is 10.8. The fourth-order valence-electron chi connectivity index (χ4n) is 1.75. The fraction of sp³-hybridized carbons (Fsp3) is 0.500. The number of rotatable bonds is 6. The van der Waals surface area contributed by atoms with E-state index in [1.807, 2.05) is 33.8 Å². The summed E-state index contributed by atoms with van der Waals surface area (Å²) in [5.74, 6) is 1.21. The average Bonchev–Trinajstić information content (AvgIpc) is 2.73. The van der Waals surface area contributed by atoms with Crippen LogP contribution in [-0.2, 0) is 6.42 Å². The molecule has 108 valence electrons. The summed E-state index contributed by atoms with van der Waals surface area (Å²) in [7, 11) is 0. The summed E-state index contributed by atoms with van der Waals surface area (Å²) >= 11 is 1.67. The molecule has 0 saturated heterocycles. The molecule has 0 fully saturated rings. The number of aryl methyl sites for hydroxylation is 2. The van der Waals surface area contributed by atoms with Crippen molar-refractivity contribution >= 4 is 17.3 Å². The fourth-order valence-corrected chi connectivity index (χ4v) is 2.39. The van der Waals surface area contributed by atoms with Crippen molar-refractivity contribution in [3.05, 3.63) is 27.8 Å². The summed E-state index contributed by atoms with van der Waals surface area (Å²) in [6.07, 6.45) is 0.970. The second-order valence-corrected chi connectivity index (χ2v) is 5.93. The standard InChI is InChI=1S/C14H20N4OS/c1-9(2)19-13-7-10(3)16-14(18-13)15-6-5-12-8-20-11(4)17-12/h7-9H,5-6H2,1-4H3,(H,15,16,18). The first kappa shape index (κ1) is 14.7. The van der Waals surface area contributed by atoms with E-state index in [1.54, 1.807) is 11.3 Å². The van der Waals surface area contributed by atoms with E-state index in [0.717, 1.165) is 29.4 Å². The van der Waals surface area contributed by atoms with Gasteiger partial charge < -0.3 is 10.1 Å². The Morgan fingerprint density at radius 3 is 2.70 bits per heavy atom. The van der Waals surface area contributed by atoms with Crippen LogP contribution in [-0.4, -0.2) is 27.6 Å². The highest BCUT2D eigenvalue weighted by atomic mass is 32.1. The van der Waals surface area contributed by atoms with Gasteiger partial charge in [-0.1, -0.05) is 0 Å². The summed E-state index contributed by atoms with van der Waals surface area (Å²) in [6, 6.07) is 1.84. The van der Waals surface area contributed by atoms with Crippen LogP contribution in [0, 0.1) is 13.8 Å². The molecule has 0 spiro atoms. The predicted octanol–water partition coefficient (Wildman–Crippen LogP) is 2.99. The van der Waals surface area contributed by atoms with Crippen LogP contribution in [0.2, 0.25) is 0 Å². The molecule has 0 amide bonds. The minimum atomic E-state index is 0.107. The van der Waals surface area contributed by atoms with E-state index in [-0.39, 0.29) is 6.10 Å². The third kappa shape index (κ3) is 4.45.